The highest BCUT2D eigenvalue weighted by Crippen LogP contribution is 2.25. The first-order chi connectivity index (χ1) is 9.76. The lowest BCUT2D eigenvalue weighted by atomic mass is 10.1. The zero-order valence-corrected chi connectivity index (χ0v) is 11.7. The lowest BCUT2D eigenvalue weighted by molar-refractivity contribution is 0.0770. The van der Waals surface area contributed by atoms with E-state index in [1.54, 1.807) is 35.5 Å². The van der Waals surface area contributed by atoms with Gasteiger partial charge in [0, 0.05) is 19.3 Å². The third-order valence-corrected chi connectivity index (χ3v) is 3.03. The molecular formula is C16H18N2O2. The van der Waals surface area contributed by atoms with Crippen molar-refractivity contribution in [2.75, 3.05) is 13.1 Å². The van der Waals surface area contributed by atoms with E-state index in [1.165, 1.54) is 0 Å². The van der Waals surface area contributed by atoms with Crippen LogP contribution in [0.3, 0.4) is 0 Å². The molecule has 0 aliphatic carbocycles. The average molecular weight is 270 g/mol. The van der Waals surface area contributed by atoms with Gasteiger partial charge in [0.2, 0.25) is 0 Å². The quantitative estimate of drug-likeness (QED) is 0.836. The second kappa shape index (κ2) is 6.70. The maximum absolute atomic E-state index is 12.4. The summed E-state index contributed by atoms with van der Waals surface area (Å²) in [5.74, 6) is 1.15. The molecule has 0 unspecified atom stereocenters. The van der Waals surface area contributed by atoms with Crippen molar-refractivity contribution in [1.82, 2.24) is 9.88 Å². The standard InChI is InChI=1S/C16H18N2O2/c1-3-18(4-2)16(19)14-9-5-6-10-15(14)20-13-8-7-11-17-12-13/h5-12H,3-4H2,1-2H3. The lowest BCUT2D eigenvalue weighted by Crippen LogP contribution is -2.30. The van der Waals surface area contributed by atoms with Crippen LogP contribution in [0.15, 0.2) is 48.8 Å². The monoisotopic (exact) mass is 270 g/mol. The zero-order chi connectivity index (χ0) is 14.4. The number of aromatic nitrogens is 1. The Hall–Kier alpha value is -2.36. The third-order valence-electron chi connectivity index (χ3n) is 3.03. The number of carbonyl (C=O) groups is 1. The molecule has 0 N–H and O–H groups in total. The van der Waals surface area contributed by atoms with Crippen molar-refractivity contribution in [3.8, 4) is 11.5 Å². The van der Waals surface area contributed by atoms with Crippen LogP contribution in [-0.4, -0.2) is 28.9 Å². The summed E-state index contributed by atoms with van der Waals surface area (Å²) < 4.78 is 5.76. The number of para-hydroxylation sites is 1. The summed E-state index contributed by atoms with van der Waals surface area (Å²) in [5.41, 5.74) is 0.569. The number of rotatable bonds is 5. The predicted octanol–water partition coefficient (Wildman–Crippen LogP) is 3.36. The van der Waals surface area contributed by atoms with Gasteiger partial charge in [0.1, 0.15) is 11.5 Å². The van der Waals surface area contributed by atoms with Crippen LogP contribution in [0.4, 0.5) is 0 Å². The highest BCUT2D eigenvalue weighted by atomic mass is 16.5. The van der Waals surface area contributed by atoms with Crippen molar-refractivity contribution in [3.63, 3.8) is 0 Å². The fraction of sp³-hybridized carbons (Fsp3) is 0.250. The van der Waals surface area contributed by atoms with Gasteiger partial charge in [0.25, 0.3) is 5.91 Å². The van der Waals surface area contributed by atoms with E-state index in [2.05, 4.69) is 4.98 Å². The van der Waals surface area contributed by atoms with Gasteiger partial charge in [-0.25, -0.2) is 0 Å². The van der Waals surface area contributed by atoms with Crippen LogP contribution >= 0.6 is 0 Å². The summed E-state index contributed by atoms with van der Waals surface area (Å²) in [6.45, 7) is 5.28. The van der Waals surface area contributed by atoms with Crippen LogP contribution in [0.2, 0.25) is 0 Å². The highest BCUT2D eigenvalue weighted by Gasteiger charge is 2.17. The van der Waals surface area contributed by atoms with Crippen LogP contribution in [0.1, 0.15) is 24.2 Å². The van der Waals surface area contributed by atoms with E-state index in [9.17, 15) is 4.79 Å². The molecule has 1 aromatic carbocycles. The molecule has 2 rings (SSSR count). The Morgan fingerprint density at radius 2 is 1.90 bits per heavy atom. The zero-order valence-electron chi connectivity index (χ0n) is 11.7. The maximum Gasteiger partial charge on any atom is 0.257 e. The molecule has 0 saturated heterocycles. The number of hydrogen-bond donors (Lipinski definition) is 0. The topological polar surface area (TPSA) is 42.4 Å². The van der Waals surface area contributed by atoms with Gasteiger partial charge in [-0.05, 0) is 38.1 Å². The molecule has 0 bridgehead atoms. The molecule has 104 valence electrons. The predicted molar refractivity (Wildman–Crippen MR) is 78.0 cm³/mol. The van der Waals surface area contributed by atoms with E-state index in [0.717, 1.165) is 0 Å². The molecule has 0 atom stereocenters. The van der Waals surface area contributed by atoms with Gasteiger partial charge < -0.3 is 9.64 Å². The van der Waals surface area contributed by atoms with E-state index in [-0.39, 0.29) is 5.91 Å². The minimum Gasteiger partial charge on any atom is -0.455 e. The Balaban J connectivity index is 2.29. The average Bonchev–Trinajstić information content (AvgIpc) is 2.50. The van der Waals surface area contributed by atoms with E-state index in [0.29, 0.717) is 30.2 Å². The second-order valence-electron chi connectivity index (χ2n) is 4.26. The SMILES string of the molecule is CCN(CC)C(=O)c1ccccc1Oc1cccnc1. The summed E-state index contributed by atoms with van der Waals surface area (Å²) in [7, 11) is 0. The van der Waals surface area contributed by atoms with Crippen molar-refractivity contribution < 1.29 is 9.53 Å². The Morgan fingerprint density at radius 1 is 1.15 bits per heavy atom. The van der Waals surface area contributed by atoms with Gasteiger partial charge in [-0.15, -0.1) is 0 Å². The third kappa shape index (κ3) is 3.15. The Labute approximate surface area is 119 Å². The first kappa shape index (κ1) is 14.1. The molecule has 4 heteroatoms. The normalized spacial score (nSPS) is 10.1. The van der Waals surface area contributed by atoms with E-state index >= 15 is 0 Å². The number of hydrogen-bond acceptors (Lipinski definition) is 3. The van der Waals surface area contributed by atoms with E-state index in [1.807, 2.05) is 32.0 Å². The maximum atomic E-state index is 12.4. The number of benzene rings is 1. The number of pyridine rings is 1. The fourth-order valence-corrected chi connectivity index (χ4v) is 1.95. The number of carbonyl (C=O) groups excluding carboxylic acids is 1. The molecule has 0 spiro atoms. The molecule has 1 amide bonds. The van der Waals surface area contributed by atoms with Crippen LogP contribution in [0.5, 0.6) is 11.5 Å². The Bertz CT molecular complexity index is 566. The van der Waals surface area contributed by atoms with Crippen LogP contribution in [0, 0.1) is 0 Å². The summed E-state index contributed by atoms with van der Waals surface area (Å²) >= 11 is 0. The fourth-order valence-electron chi connectivity index (χ4n) is 1.95. The molecule has 2 aromatic rings. The van der Waals surface area contributed by atoms with Crippen molar-refractivity contribution >= 4 is 5.91 Å². The minimum atomic E-state index is -0.0190. The van der Waals surface area contributed by atoms with Gasteiger partial charge in [0.15, 0.2) is 0 Å². The lowest BCUT2D eigenvalue weighted by Gasteiger charge is -2.20. The summed E-state index contributed by atoms with van der Waals surface area (Å²) in [6.07, 6.45) is 3.30. The molecule has 1 heterocycles. The van der Waals surface area contributed by atoms with Crippen molar-refractivity contribution in [1.29, 1.82) is 0 Å². The summed E-state index contributed by atoms with van der Waals surface area (Å²) in [6, 6.07) is 10.9. The molecule has 0 radical (unpaired) electrons. The smallest absolute Gasteiger partial charge is 0.257 e. The molecule has 0 fully saturated rings. The van der Waals surface area contributed by atoms with Crippen molar-refractivity contribution in [2.24, 2.45) is 0 Å². The first-order valence-corrected chi connectivity index (χ1v) is 6.72. The largest absolute Gasteiger partial charge is 0.455 e. The van der Waals surface area contributed by atoms with Gasteiger partial charge in [-0.2, -0.15) is 0 Å². The Morgan fingerprint density at radius 3 is 2.55 bits per heavy atom. The molecule has 0 aliphatic rings. The van der Waals surface area contributed by atoms with E-state index < -0.39 is 0 Å². The summed E-state index contributed by atoms with van der Waals surface area (Å²) in [5, 5.41) is 0. The highest BCUT2D eigenvalue weighted by molar-refractivity contribution is 5.97. The van der Waals surface area contributed by atoms with Crippen molar-refractivity contribution in [3.05, 3.63) is 54.4 Å². The molecule has 0 saturated carbocycles. The summed E-state index contributed by atoms with van der Waals surface area (Å²) in [4.78, 5) is 18.2. The van der Waals surface area contributed by atoms with Crippen molar-refractivity contribution in [2.45, 2.75) is 13.8 Å². The van der Waals surface area contributed by atoms with Gasteiger partial charge in [0.05, 0.1) is 11.8 Å². The number of ether oxygens (including phenoxy) is 1. The molecule has 1 aromatic heterocycles. The van der Waals surface area contributed by atoms with E-state index in [4.69, 9.17) is 4.74 Å². The molecule has 4 nitrogen and oxygen atoms in total. The van der Waals surface area contributed by atoms with Crippen LogP contribution in [-0.2, 0) is 0 Å². The second-order valence-corrected chi connectivity index (χ2v) is 4.26. The van der Waals surface area contributed by atoms with Gasteiger partial charge in [-0.3, -0.25) is 9.78 Å². The minimum absolute atomic E-state index is 0.0190. The molecule has 20 heavy (non-hydrogen) atoms. The molecule has 0 aliphatic heterocycles. The number of nitrogens with zero attached hydrogens (tertiary/aromatic N) is 2. The first-order valence-electron chi connectivity index (χ1n) is 6.72. The Kier molecular flexibility index (Phi) is 4.71. The number of amides is 1. The van der Waals surface area contributed by atoms with Gasteiger partial charge in [-0.1, -0.05) is 12.1 Å². The van der Waals surface area contributed by atoms with Crippen LogP contribution in [0.25, 0.3) is 0 Å². The van der Waals surface area contributed by atoms with Gasteiger partial charge >= 0.3 is 0 Å². The molecular weight excluding hydrogens is 252 g/mol. The van der Waals surface area contributed by atoms with Crippen LogP contribution < -0.4 is 4.74 Å².